The van der Waals surface area contributed by atoms with Crippen LogP contribution >= 0.6 is 0 Å². The van der Waals surface area contributed by atoms with Gasteiger partial charge in [-0.2, -0.15) is 18.3 Å². The molecular weight excluding hydrogens is 489 g/mol. The third-order valence-electron chi connectivity index (χ3n) is 7.70. The van der Waals surface area contributed by atoms with E-state index in [9.17, 15) is 27.9 Å². The molecule has 5 rings (SSSR count). The molecule has 1 aromatic carbocycles. The molecule has 2 bridgehead atoms. The molecule has 2 unspecified atom stereocenters. The minimum Gasteiger partial charge on any atom is -0.445 e. The Kier molecular flexibility index (Phi) is 7.15. The van der Waals surface area contributed by atoms with Crippen LogP contribution in [0.25, 0.3) is 0 Å². The van der Waals surface area contributed by atoms with E-state index in [2.05, 4.69) is 5.10 Å². The maximum atomic E-state index is 13.5. The second kappa shape index (κ2) is 10.4. The molecule has 200 valence electrons. The second-order valence-corrected chi connectivity index (χ2v) is 10.2. The van der Waals surface area contributed by atoms with Crippen molar-refractivity contribution in [3.8, 4) is 0 Å². The third kappa shape index (κ3) is 5.46. The average Bonchev–Trinajstić information content (AvgIpc) is 3.17. The molecule has 0 spiro atoms. The zero-order valence-corrected chi connectivity index (χ0v) is 20.5. The molecule has 0 saturated carbocycles. The zero-order valence-electron chi connectivity index (χ0n) is 20.5. The van der Waals surface area contributed by atoms with Crippen LogP contribution in [0.3, 0.4) is 0 Å². The van der Waals surface area contributed by atoms with Gasteiger partial charge in [-0.05, 0) is 68.2 Å². The smallest absolute Gasteiger partial charge is 0.416 e. The highest BCUT2D eigenvalue weighted by atomic mass is 19.4. The number of fused-ring (bicyclic) bond motifs is 3. The maximum absolute atomic E-state index is 13.5. The lowest BCUT2D eigenvalue weighted by molar-refractivity contribution is -0.137. The van der Waals surface area contributed by atoms with Gasteiger partial charge < -0.3 is 19.6 Å². The quantitative estimate of drug-likeness (QED) is 0.653. The number of nitrogens with zero attached hydrogens (tertiary/aromatic N) is 4. The summed E-state index contributed by atoms with van der Waals surface area (Å²) in [5.74, 6) is 0.142. The number of aliphatic hydroxyl groups excluding tert-OH is 1. The Hall–Kier alpha value is -3.08. The number of aliphatic hydroxyl groups is 1. The average molecular weight is 521 g/mol. The van der Waals surface area contributed by atoms with Gasteiger partial charge in [0.25, 0.3) is 5.91 Å². The molecule has 2 atom stereocenters. The number of alkyl halides is 3. The minimum absolute atomic E-state index is 0.0944. The number of carbonyl (C=O) groups excluding carboxylic acids is 2. The molecule has 1 N–H and O–H groups in total. The molecule has 37 heavy (non-hydrogen) atoms. The number of halogens is 3. The summed E-state index contributed by atoms with van der Waals surface area (Å²) in [5.41, 5.74) is 0.816. The van der Waals surface area contributed by atoms with Gasteiger partial charge in [-0.3, -0.25) is 9.48 Å². The van der Waals surface area contributed by atoms with Gasteiger partial charge in [0, 0.05) is 31.8 Å². The van der Waals surface area contributed by atoms with Crippen molar-refractivity contribution < 1.29 is 32.6 Å². The predicted molar refractivity (Wildman–Crippen MR) is 126 cm³/mol. The Morgan fingerprint density at radius 3 is 2.41 bits per heavy atom. The Bertz CT molecular complexity index is 1120. The van der Waals surface area contributed by atoms with E-state index >= 15 is 0 Å². The fraction of sp³-hybridized carbons (Fsp3) is 0.577. The summed E-state index contributed by atoms with van der Waals surface area (Å²) in [6, 6.07) is 6.51. The Morgan fingerprint density at radius 2 is 1.76 bits per heavy atom. The van der Waals surface area contributed by atoms with E-state index in [1.54, 1.807) is 10.7 Å². The standard InChI is InChI=1S/C26H31F3N4O4/c27-26(28,29)19-7-5-17(6-8-19)16-37-25(36)31-9-2-10-32-22(14-31)13-23(30-32)24(35)33-20-3-1-4-21(33)12-18(11-20)15-34/h5-8,13,18,20-21,34H,1-4,9-12,14-16H2. The topological polar surface area (TPSA) is 87.9 Å². The van der Waals surface area contributed by atoms with Crippen molar-refractivity contribution in [2.24, 2.45) is 5.92 Å². The summed E-state index contributed by atoms with van der Waals surface area (Å²) >= 11 is 0. The largest absolute Gasteiger partial charge is 0.445 e. The fourth-order valence-corrected chi connectivity index (χ4v) is 5.86. The fourth-order valence-electron chi connectivity index (χ4n) is 5.86. The molecule has 0 aliphatic carbocycles. The highest BCUT2D eigenvalue weighted by Crippen LogP contribution is 2.38. The van der Waals surface area contributed by atoms with Crippen LogP contribution in [0.5, 0.6) is 0 Å². The number of benzene rings is 1. The van der Waals surface area contributed by atoms with E-state index in [0.717, 1.165) is 49.9 Å². The first-order chi connectivity index (χ1) is 17.7. The molecule has 3 aliphatic rings. The SMILES string of the molecule is O=C(OCc1ccc(C(F)(F)F)cc1)N1CCCn2nc(C(=O)N3C4CCCC3CC(CO)C4)cc2C1. The molecule has 2 fully saturated rings. The van der Waals surface area contributed by atoms with E-state index in [1.165, 1.54) is 17.0 Å². The Labute approximate surface area is 213 Å². The lowest BCUT2D eigenvalue weighted by Gasteiger charge is -2.48. The molecule has 1 aromatic heterocycles. The summed E-state index contributed by atoms with van der Waals surface area (Å²) in [7, 11) is 0. The van der Waals surface area contributed by atoms with Crippen LogP contribution in [0.2, 0.25) is 0 Å². The van der Waals surface area contributed by atoms with Gasteiger partial charge in [0.05, 0.1) is 17.8 Å². The number of aromatic nitrogens is 2. The lowest BCUT2D eigenvalue weighted by atomic mass is 9.78. The van der Waals surface area contributed by atoms with Crippen molar-refractivity contribution in [2.45, 2.75) is 76.5 Å². The van der Waals surface area contributed by atoms with Gasteiger partial charge in [0.15, 0.2) is 5.69 Å². The van der Waals surface area contributed by atoms with Gasteiger partial charge in [-0.1, -0.05) is 12.1 Å². The van der Waals surface area contributed by atoms with Crippen molar-refractivity contribution in [3.05, 3.63) is 52.8 Å². The molecule has 8 nitrogen and oxygen atoms in total. The summed E-state index contributed by atoms with van der Waals surface area (Å²) in [4.78, 5) is 29.7. The number of rotatable bonds is 4. The lowest BCUT2D eigenvalue weighted by Crippen LogP contribution is -2.55. The number of aryl methyl sites for hydroxylation is 1. The van der Waals surface area contributed by atoms with Crippen LogP contribution in [-0.4, -0.2) is 61.9 Å². The highest BCUT2D eigenvalue weighted by Gasteiger charge is 2.41. The molecule has 3 aliphatic heterocycles. The van der Waals surface area contributed by atoms with Gasteiger partial charge in [-0.15, -0.1) is 0 Å². The van der Waals surface area contributed by atoms with Gasteiger partial charge in [0.1, 0.15) is 6.61 Å². The zero-order chi connectivity index (χ0) is 26.2. The molecule has 0 radical (unpaired) electrons. The monoisotopic (exact) mass is 520 g/mol. The summed E-state index contributed by atoms with van der Waals surface area (Å²) in [6.07, 6.45) is 0.221. The van der Waals surface area contributed by atoms with Crippen molar-refractivity contribution in [1.82, 2.24) is 19.6 Å². The number of hydrogen-bond donors (Lipinski definition) is 1. The molecular formula is C26H31F3N4O4. The summed E-state index contributed by atoms with van der Waals surface area (Å²) in [5, 5.41) is 14.2. The summed E-state index contributed by atoms with van der Waals surface area (Å²) < 4.78 is 45.4. The van der Waals surface area contributed by atoms with Crippen LogP contribution in [0.4, 0.5) is 18.0 Å². The van der Waals surface area contributed by atoms with Crippen molar-refractivity contribution >= 4 is 12.0 Å². The van der Waals surface area contributed by atoms with Gasteiger partial charge in [-0.25, -0.2) is 4.79 Å². The van der Waals surface area contributed by atoms with Crippen molar-refractivity contribution in [1.29, 1.82) is 0 Å². The van der Waals surface area contributed by atoms with E-state index in [-0.39, 0.29) is 43.7 Å². The van der Waals surface area contributed by atoms with E-state index in [0.29, 0.717) is 30.8 Å². The molecule has 11 heteroatoms. The Balaban J connectivity index is 1.23. The Morgan fingerprint density at radius 1 is 1.05 bits per heavy atom. The maximum Gasteiger partial charge on any atom is 0.416 e. The normalized spacial score (nSPS) is 23.8. The van der Waals surface area contributed by atoms with Crippen LogP contribution < -0.4 is 0 Å². The number of hydrogen-bond acceptors (Lipinski definition) is 5. The first-order valence-corrected chi connectivity index (χ1v) is 12.8. The van der Waals surface area contributed by atoms with E-state index < -0.39 is 17.8 Å². The van der Waals surface area contributed by atoms with Crippen LogP contribution in [0.15, 0.2) is 30.3 Å². The van der Waals surface area contributed by atoms with Gasteiger partial charge in [0.2, 0.25) is 0 Å². The molecule has 4 heterocycles. The van der Waals surface area contributed by atoms with Crippen molar-refractivity contribution in [2.75, 3.05) is 13.2 Å². The van der Waals surface area contributed by atoms with Crippen LogP contribution in [0.1, 0.15) is 65.8 Å². The number of piperidine rings is 2. The molecule has 2 amide bonds. The third-order valence-corrected chi connectivity index (χ3v) is 7.70. The molecule has 2 saturated heterocycles. The predicted octanol–water partition coefficient (Wildman–Crippen LogP) is 4.21. The van der Waals surface area contributed by atoms with Crippen LogP contribution in [0, 0.1) is 5.92 Å². The highest BCUT2D eigenvalue weighted by molar-refractivity contribution is 5.93. The van der Waals surface area contributed by atoms with Crippen LogP contribution in [-0.2, 0) is 30.6 Å². The number of amides is 2. The van der Waals surface area contributed by atoms with Gasteiger partial charge >= 0.3 is 12.3 Å². The van der Waals surface area contributed by atoms with Crippen molar-refractivity contribution in [3.63, 3.8) is 0 Å². The summed E-state index contributed by atoms with van der Waals surface area (Å²) in [6.45, 7) is 1.25. The van der Waals surface area contributed by atoms with E-state index in [1.807, 2.05) is 4.90 Å². The number of carbonyl (C=O) groups is 2. The minimum atomic E-state index is -4.42. The first kappa shape index (κ1) is 25.6. The second-order valence-electron chi connectivity index (χ2n) is 10.2. The first-order valence-electron chi connectivity index (χ1n) is 12.8. The molecule has 2 aromatic rings. The number of ether oxygens (including phenoxy) is 1. The van der Waals surface area contributed by atoms with E-state index in [4.69, 9.17) is 4.74 Å².